The Morgan fingerprint density at radius 3 is 2.06 bits per heavy atom. The molecule has 0 atom stereocenters. The Morgan fingerprint density at radius 2 is 1.39 bits per heavy atom. The SMILES string of the molecule is O=C(O)CCC/C=C\C/C=C\C/C=C\C/C=C\CCCCCc1cc2ccccc2oc1=O. The van der Waals surface area contributed by atoms with Gasteiger partial charge in [-0.1, -0.05) is 73.2 Å². The van der Waals surface area contributed by atoms with E-state index in [9.17, 15) is 9.59 Å². The van der Waals surface area contributed by atoms with Crippen LogP contribution in [0.2, 0.25) is 0 Å². The van der Waals surface area contributed by atoms with Crippen molar-refractivity contribution in [3.8, 4) is 0 Å². The van der Waals surface area contributed by atoms with Crippen molar-refractivity contribution in [1.82, 2.24) is 0 Å². The molecule has 0 spiro atoms. The highest BCUT2D eigenvalue weighted by Crippen LogP contribution is 2.14. The summed E-state index contributed by atoms with van der Waals surface area (Å²) in [5.41, 5.74) is 1.22. The smallest absolute Gasteiger partial charge is 0.339 e. The van der Waals surface area contributed by atoms with Crippen molar-refractivity contribution in [3.63, 3.8) is 0 Å². The van der Waals surface area contributed by atoms with E-state index < -0.39 is 5.97 Å². The van der Waals surface area contributed by atoms with E-state index in [-0.39, 0.29) is 12.0 Å². The molecule has 1 aromatic heterocycles. The lowest BCUT2D eigenvalue weighted by Crippen LogP contribution is -2.06. The zero-order chi connectivity index (χ0) is 23.6. The molecule has 1 N–H and O–H groups in total. The van der Waals surface area contributed by atoms with Crippen LogP contribution in [0.5, 0.6) is 0 Å². The molecule has 33 heavy (non-hydrogen) atoms. The van der Waals surface area contributed by atoms with Crippen LogP contribution in [0.3, 0.4) is 0 Å². The lowest BCUT2D eigenvalue weighted by atomic mass is 10.1. The van der Waals surface area contributed by atoms with Crippen LogP contribution in [0, 0.1) is 0 Å². The van der Waals surface area contributed by atoms with E-state index in [0.717, 1.165) is 68.7 Å². The van der Waals surface area contributed by atoms with Crippen molar-refractivity contribution in [2.24, 2.45) is 0 Å². The molecule has 0 saturated heterocycles. The molecule has 0 bridgehead atoms. The summed E-state index contributed by atoms with van der Waals surface area (Å²) in [6, 6.07) is 9.60. The Kier molecular flexibility index (Phi) is 13.0. The van der Waals surface area contributed by atoms with Crippen molar-refractivity contribution >= 4 is 16.9 Å². The number of fused-ring (bicyclic) bond motifs is 1. The summed E-state index contributed by atoms with van der Waals surface area (Å²) in [5.74, 6) is -0.727. The maximum absolute atomic E-state index is 12.1. The molecule has 2 rings (SSSR count). The average Bonchev–Trinajstić information content (AvgIpc) is 2.80. The van der Waals surface area contributed by atoms with Crippen LogP contribution < -0.4 is 5.63 Å². The highest BCUT2D eigenvalue weighted by Gasteiger charge is 2.04. The molecule has 0 radical (unpaired) electrons. The van der Waals surface area contributed by atoms with E-state index in [1.54, 1.807) is 0 Å². The first-order valence-corrected chi connectivity index (χ1v) is 12.0. The number of allylic oxidation sites excluding steroid dienone is 8. The van der Waals surface area contributed by atoms with E-state index in [1.807, 2.05) is 36.4 Å². The maximum Gasteiger partial charge on any atom is 0.339 e. The third-order valence-corrected chi connectivity index (χ3v) is 5.28. The fourth-order valence-corrected chi connectivity index (χ4v) is 3.45. The first-order valence-electron chi connectivity index (χ1n) is 12.0. The second-order valence-electron chi connectivity index (χ2n) is 8.07. The molecular weight excluding hydrogens is 412 g/mol. The number of rotatable bonds is 16. The molecule has 0 fully saturated rings. The molecule has 0 aliphatic carbocycles. The number of carboxylic acids is 1. The van der Waals surface area contributed by atoms with Gasteiger partial charge in [-0.25, -0.2) is 4.79 Å². The van der Waals surface area contributed by atoms with Crippen molar-refractivity contribution in [2.75, 3.05) is 0 Å². The fraction of sp³-hybridized carbons (Fsp3) is 0.379. The molecule has 0 unspecified atom stereocenters. The molecule has 0 aliphatic rings. The maximum atomic E-state index is 12.1. The molecule has 0 amide bonds. The van der Waals surface area contributed by atoms with Crippen LogP contribution in [0.4, 0.5) is 0 Å². The number of carboxylic acid groups (broad SMARTS) is 1. The Bertz CT molecular complexity index is 1010. The number of hydrogen-bond donors (Lipinski definition) is 1. The number of carbonyl (C=O) groups is 1. The van der Waals surface area contributed by atoms with Gasteiger partial charge in [-0.05, 0) is 69.9 Å². The summed E-state index contributed by atoms with van der Waals surface area (Å²) in [7, 11) is 0. The van der Waals surface area contributed by atoms with Crippen LogP contribution in [-0.2, 0) is 11.2 Å². The van der Waals surface area contributed by atoms with Gasteiger partial charge in [-0.15, -0.1) is 0 Å². The molecule has 0 saturated carbocycles. The fourth-order valence-electron chi connectivity index (χ4n) is 3.45. The van der Waals surface area contributed by atoms with Gasteiger partial charge in [-0.3, -0.25) is 4.79 Å². The van der Waals surface area contributed by atoms with Crippen molar-refractivity contribution in [2.45, 2.75) is 70.6 Å². The Morgan fingerprint density at radius 1 is 0.788 bits per heavy atom. The predicted molar refractivity (Wildman–Crippen MR) is 137 cm³/mol. The normalized spacial score (nSPS) is 12.2. The monoisotopic (exact) mass is 448 g/mol. The summed E-state index contributed by atoms with van der Waals surface area (Å²) in [4.78, 5) is 22.5. The third kappa shape index (κ3) is 11.9. The van der Waals surface area contributed by atoms with Gasteiger partial charge in [0, 0.05) is 17.4 Å². The second kappa shape index (κ2) is 16.5. The van der Waals surface area contributed by atoms with Gasteiger partial charge in [0.25, 0.3) is 0 Å². The standard InChI is InChI=1S/C29H36O4/c30-28(31)23-17-15-13-11-9-7-5-3-1-2-4-6-8-10-12-14-16-21-26-24-25-20-18-19-22-27(25)33-29(26)32/h1-2,5-8,11,13,18-20,22,24H,3-4,9-10,12,14-17,21,23H2,(H,30,31)/b2-1-,7-5-,8-6-,13-11-. The van der Waals surface area contributed by atoms with Gasteiger partial charge >= 0.3 is 11.6 Å². The lowest BCUT2D eigenvalue weighted by Gasteiger charge is -2.02. The molecule has 1 heterocycles. The highest BCUT2D eigenvalue weighted by molar-refractivity contribution is 5.76. The van der Waals surface area contributed by atoms with Gasteiger partial charge < -0.3 is 9.52 Å². The van der Waals surface area contributed by atoms with Gasteiger partial charge in [0.05, 0.1) is 0 Å². The molecule has 4 nitrogen and oxygen atoms in total. The van der Waals surface area contributed by atoms with Gasteiger partial charge in [0.1, 0.15) is 5.58 Å². The first-order chi connectivity index (χ1) is 16.2. The van der Waals surface area contributed by atoms with Crippen LogP contribution in [0.1, 0.15) is 69.8 Å². The van der Waals surface area contributed by atoms with Crippen LogP contribution in [0.25, 0.3) is 11.0 Å². The minimum atomic E-state index is -0.727. The van der Waals surface area contributed by atoms with E-state index in [1.165, 1.54) is 0 Å². The summed E-state index contributed by atoms with van der Waals surface area (Å²) >= 11 is 0. The quantitative estimate of drug-likeness (QED) is 0.164. The Balaban J connectivity index is 1.47. The van der Waals surface area contributed by atoms with Gasteiger partial charge in [-0.2, -0.15) is 0 Å². The summed E-state index contributed by atoms with van der Waals surface area (Å²) in [5, 5.41) is 9.55. The summed E-state index contributed by atoms with van der Waals surface area (Å²) in [6.07, 6.45) is 26.8. The largest absolute Gasteiger partial charge is 0.481 e. The third-order valence-electron chi connectivity index (χ3n) is 5.28. The van der Waals surface area contributed by atoms with E-state index in [4.69, 9.17) is 9.52 Å². The molecule has 0 aliphatic heterocycles. The van der Waals surface area contributed by atoms with Crippen molar-refractivity contribution in [3.05, 3.63) is 94.9 Å². The van der Waals surface area contributed by atoms with Crippen LogP contribution in [-0.4, -0.2) is 11.1 Å². The predicted octanol–water partition coefficient (Wildman–Crippen LogP) is 7.55. The number of aliphatic carboxylic acids is 1. The number of benzene rings is 1. The molecule has 176 valence electrons. The molecule has 2 aromatic rings. The van der Waals surface area contributed by atoms with Crippen LogP contribution in [0.15, 0.2) is 88.2 Å². The zero-order valence-electron chi connectivity index (χ0n) is 19.5. The number of aryl methyl sites for hydroxylation is 1. The zero-order valence-corrected chi connectivity index (χ0v) is 19.5. The minimum Gasteiger partial charge on any atom is -0.481 e. The lowest BCUT2D eigenvalue weighted by molar-refractivity contribution is -0.137. The second-order valence-corrected chi connectivity index (χ2v) is 8.07. The summed E-state index contributed by atoms with van der Waals surface area (Å²) in [6.45, 7) is 0. The topological polar surface area (TPSA) is 67.5 Å². The Labute approximate surface area is 197 Å². The molecular formula is C29H36O4. The first kappa shape index (κ1) is 26.1. The van der Waals surface area contributed by atoms with Gasteiger partial charge in [0.15, 0.2) is 0 Å². The van der Waals surface area contributed by atoms with Gasteiger partial charge in [0.2, 0.25) is 0 Å². The Hall–Kier alpha value is -3.14. The van der Waals surface area contributed by atoms with E-state index in [2.05, 4.69) is 42.5 Å². The summed E-state index contributed by atoms with van der Waals surface area (Å²) < 4.78 is 5.39. The average molecular weight is 449 g/mol. The highest BCUT2D eigenvalue weighted by atomic mass is 16.4. The molecule has 1 aromatic carbocycles. The number of hydrogen-bond acceptors (Lipinski definition) is 3. The van der Waals surface area contributed by atoms with Crippen molar-refractivity contribution in [1.29, 1.82) is 0 Å². The minimum absolute atomic E-state index is 0.209. The number of para-hydroxylation sites is 1. The van der Waals surface area contributed by atoms with Crippen molar-refractivity contribution < 1.29 is 14.3 Å². The van der Waals surface area contributed by atoms with E-state index >= 15 is 0 Å². The molecule has 4 heteroatoms. The van der Waals surface area contributed by atoms with E-state index in [0.29, 0.717) is 12.0 Å². The number of unbranched alkanes of at least 4 members (excludes halogenated alkanes) is 4. The van der Waals surface area contributed by atoms with Crippen LogP contribution >= 0.6 is 0 Å².